The standard InChI is InChI=1S/C10H13NO/c12-10-7-9-4-2-1-3-8(9)5-6-11-10/h1-4,10-12H,5-7H2. The van der Waals surface area contributed by atoms with Gasteiger partial charge in [0.05, 0.1) is 0 Å². The van der Waals surface area contributed by atoms with Gasteiger partial charge in [0.15, 0.2) is 0 Å². The van der Waals surface area contributed by atoms with Crippen LogP contribution in [0.4, 0.5) is 0 Å². The molecule has 64 valence electrons. The van der Waals surface area contributed by atoms with E-state index in [0.29, 0.717) is 0 Å². The average molecular weight is 163 g/mol. The van der Waals surface area contributed by atoms with Crippen LogP contribution in [0.3, 0.4) is 0 Å². The maximum atomic E-state index is 9.42. The van der Waals surface area contributed by atoms with Crippen LogP contribution < -0.4 is 5.32 Å². The zero-order chi connectivity index (χ0) is 8.39. The number of aliphatic hydroxyl groups excluding tert-OH is 1. The van der Waals surface area contributed by atoms with Crippen molar-refractivity contribution in [3.8, 4) is 0 Å². The quantitative estimate of drug-likeness (QED) is 0.590. The molecule has 1 aliphatic heterocycles. The van der Waals surface area contributed by atoms with Gasteiger partial charge in [-0.25, -0.2) is 0 Å². The Balaban J connectivity index is 2.31. The minimum absolute atomic E-state index is 0.367. The van der Waals surface area contributed by atoms with Gasteiger partial charge in [0.1, 0.15) is 6.23 Å². The molecular formula is C10H13NO. The number of hydrogen-bond acceptors (Lipinski definition) is 2. The molecule has 0 aliphatic carbocycles. The van der Waals surface area contributed by atoms with Gasteiger partial charge in [0, 0.05) is 13.0 Å². The number of fused-ring (bicyclic) bond motifs is 1. The highest BCUT2D eigenvalue weighted by Crippen LogP contribution is 2.13. The number of hydrogen-bond donors (Lipinski definition) is 2. The van der Waals surface area contributed by atoms with Crippen LogP contribution in [0.1, 0.15) is 11.1 Å². The van der Waals surface area contributed by atoms with E-state index in [4.69, 9.17) is 0 Å². The van der Waals surface area contributed by atoms with E-state index in [0.717, 1.165) is 19.4 Å². The molecule has 1 aliphatic rings. The van der Waals surface area contributed by atoms with Crippen LogP contribution in [-0.4, -0.2) is 17.9 Å². The molecule has 2 nitrogen and oxygen atoms in total. The third kappa shape index (κ3) is 1.49. The summed E-state index contributed by atoms with van der Waals surface area (Å²) in [7, 11) is 0. The zero-order valence-corrected chi connectivity index (χ0v) is 6.96. The molecule has 0 spiro atoms. The summed E-state index contributed by atoms with van der Waals surface area (Å²) in [6.45, 7) is 0.873. The van der Waals surface area contributed by atoms with Crippen molar-refractivity contribution in [2.24, 2.45) is 0 Å². The van der Waals surface area contributed by atoms with Gasteiger partial charge in [0.2, 0.25) is 0 Å². The van der Waals surface area contributed by atoms with Crippen molar-refractivity contribution < 1.29 is 5.11 Å². The lowest BCUT2D eigenvalue weighted by atomic mass is 10.0. The largest absolute Gasteiger partial charge is 0.378 e. The zero-order valence-electron chi connectivity index (χ0n) is 6.96. The first kappa shape index (κ1) is 7.77. The monoisotopic (exact) mass is 163 g/mol. The number of aliphatic hydroxyl groups is 1. The van der Waals surface area contributed by atoms with Crippen molar-refractivity contribution in [1.29, 1.82) is 0 Å². The molecule has 0 saturated heterocycles. The molecule has 2 heteroatoms. The van der Waals surface area contributed by atoms with Crippen LogP contribution in [0.25, 0.3) is 0 Å². The molecular weight excluding hydrogens is 150 g/mol. The average Bonchev–Trinajstić information content (AvgIpc) is 2.25. The van der Waals surface area contributed by atoms with E-state index < -0.39 is 0 Å². The van der Waals surface area contributed by atoms with Gasteiger partial charge in [-0.1, -0.05) is 24.3 Å². The first-order valence-corrected chi connectivity index (χ1v) is 4.34. The predicted octanol–water partition coefficient (Wildman–Crippen LogP) is 0.693. The molecule has 0 fully saturated rings. The second kappa shape index (κ2) is 3.25. The highest BCUT2D eigenvalue weighted by atomic mass is 16.3. The van der Waals surface area contributed by atoms with Crippen molar-refractivity contribution in [1.82, 2.24) is 5.32 Å². The Bertz CT molecular complexity index is 272. The first-order chi connectivity index (χ1) is 5.86. The topological polar surface area (TPSA) is 32.3 Å². The van der Waals surface area contributed by atoms with Crippen LogP contribution in [0.2, 0.25) is 0 Å². The van der Waals surface area contributed by atoms with Gasteiger partial charge in [-0.15, -0.1) is 0 Å². The third-order valence-electron chi connectivity index (χ3n) is 2.31. The second-order valence-electron chi connectivity index (χ2n) is 3.19. The number of nitrogens with one attached hydrogen (secondary N) is 1. The molecule has 0 bridgehead atoms. The van der Waals surface area contributed by atoms with E-state index in [1.807, 2.05) is 6.07 Å². The Morgan fingerprint density at radius 2 is 2.00 bits per heavy atom. The van der Waals surface area contributed by atoms with Crippen LogP contribution in [0, 0.1) is 0 Å². The molecule has 1 atom stereocenters. The van der Waals surface area contributed by atoms with Gasteiger partial charge in [-0.3, -0.25) is 5.32 Å². The molecule has 2 N–H and O–H groups in total. The Labute approximate surface area is 72.2 Å². The second-order valence-corrected chi connectivity index (χ2v) is 3.19. The molecule has 2 rings (SSSR count). The predicted molar refractivity (Wildman–Crippen MR) is 47.9 cm³/mol. The summed E-state index contributed by atoms with van der Waals surface area (Å²) in [6, 6.07) is 8.30. The summed E-state index contributed by atoms with van der Waals surface area (Å²) in [5.74, 6) is 0. The van der Waals surface area contributed by atoms with Crippen LogP contribution in [0.15, 0.2) is 24.3 Å². The summed E-state index contributed by atoms with van der Waals surface area (Å²) in [4.78, 5) is 0. The van der Waals surface area contributed by atoms with E-state index in [1.165, 1.54) is 11.1 Å². The minimum atomic E-state index is -0.367. The summed E-state index contributed by atoms with van der Waals surface area (Å²) in [6.07, 6.45) is 1.39. The highest BCUT2D eigenvalue weighted by Gasteiger charge is 2.11. The molecule has 1 heterocycles. The Morgan fingerprint density at radius 1 is 1.25 bits per heavy atom. The summed E-state index contributed by atoms with van der Waals surface area (Å²) < 4.78 is 0. The summed E-state index contributed by atoms with van der Waals surface area (Å²) >= 11 is 0. The number of rotatable bonds is 0. The Kier molecular flexibility index (Phi) is 2.11. The lowest BCUT2D eigenvalue weighted by molar-refractivity contribution is 0.141. The molecule has 0 radical (unpaired) electrons. The first-order valence-electron chi connectivity index (χ1n) is 4.34. The van der Waals surface area contributed by atoms with Gasteiger partial charge >= 0.3 is 0 Å². The van der Waals surface area contributed by atoms with Crippen molar-refractivity contribution in [3.05, 3.63) is 35.4 Å². The molecule has 0 aromatic heterocycles. The third-order valence-corrected chi connectivity index (χ3v) is 2.31. The summed E-state index contributed by atoms with van der Waals surface area (Å²) in [5.41, 5.74) is 2.64. The fraction of sp³-hybridized carbons (Fsp3) is 0.400. The Morgan fingerprint density at radius 3 is 2.83 bits per heavy atom. The van der Waals surface area contributed by atoms with Crippen molar-refractivity contribution in [2.75, 3.05) is 6.54 Å². The number of benzene rings is 1. The van der Waals surface area contributed by atoms with Crippen molar-refractivity contribution >= 4 is 0 Å². The molecule has 1 unspecified atom stereocenters. The summed E-state index contributed by atoms with van der Waals surface area (Å²) in [5, 5.41) is 12.5. The SMILES string of the molecule is OC1Cc2ccccc2CCN1. The van der Waals surface area contributed by atoms with E-state index in [1.54, 1.807) is 0 Å². The van der Waals surface area contributed by atoms with Gasteiger partial charge < -0.3 is 5.11 Å². The lowest BCUT2D eigenvalue weighted by Gasteiger charge is -2.07. The molecule has 12 heavy (non-hydrogen) atoms. The maximum absolute atomic E-state index is 9.42. The van der Waals surface area contributed by atoms with Gasteiger partial charge in [-0.05, 0) is 17.5 Å². The van der Waals surface area contributed by atoms with E-state index in [2.05, 4.69) is 23.5 Å². The van der Waals surface area contributed by atoms with Gasteiger partial charge in [-0.2, -0.15) is 0 Å². The Hall–Kier alpha value is -0.860. The van der Waals surface area contributed by atoms with E-state index in [-0.39, 0.29) is 6.23 Å². The van der Waals surface area contributed by atoms with E-state index in [9.17, 15) is 5.11 Å². The van der Waals surface area contributed by atoms with Gasteiger partial charge in [0.25, 0.3) is 0 Å². The van der Waals surface area contributed by atoms with Crippen molar-refractivity contribution in [2.45, 2.75) is 19.1 Å². The fourth-order valence-corrected chi connectivity index (χ4v) is 1.65. The fourth-order valence-electron chi connectivity index (χ4n) is 1.65. The lowest BCUT2D eigenvalue weighted by Crippen LogP contribution is -2.29. The molecule has 1 aromatic rings. The highest BCUT2D eigenvalue weighted by molar-refractivity contribution is 5.28. The maximum Gasteiger partial charge on any atom is 0.109 e. The van der Waals surface area contributed by atoms with Crippen LogP contribution in [-0.2, 0) is 12.8 Å². The smallest absolute Gasteiger partial charge is 0.109 e. The van der Waals surface area contributed by atoms with E-state index >= 15 is 0 Å². The van der Waals surface area contributed by atoms with Crippen molar-refractivity contribution in [3.63, 3.8) is 0 Å². The minimum Gasteiger partial charge on any atom is -0.378 e. The normalized spacial score (nSPS) is 22.9. The molecule has 1 aromatic carbocycles. The van der Waals surface area contributed by atoms with Crippen LogP contribution in [0.5, 0.6) is 0 Å². The molecule has 0 saturated carbocycles. The van der Waals surface area contributed by atoms with Crippen LogP contribution >= 0.6 is 0 Å². The molecule has 0 amide bonds.